The highest BCUT2D eigenvalue weighted by molar-refractivity contribution is 5.98. The molecule has 3 nitrogen and oxygen atoms in total. The summed E-state index contributed by atoms with van der Waals surface area (Å²) in [5, 5.41) is 8.56. The fourth-order valence-corrected chi connectivity index (χ4v) is 1.24. The molecule has 0 saturated heterocycles. The molecule has 0 heterocycles. The van der Waals surface area contributed by atoms with Gasteiger partial charge in [-0.2, -0.15) is 5.26 Å². The molecule has 0 atom stereocenters. The van der Waals surface area contributed by atoms with Crippen molar-refractivity contribution in [1.82, 2.24) is 0 Å². The van der Waals surface area contributed by atoms with Gasteiger partial charge in [-0.25, -0.2) is 0 Å². The number of carbonyl (C=O) groups is 1. The maximum Gasteiger partial charge on any atom is 0.188 e. The van der Waals surface area contributed by atoms with Crippen LogP contribution in [0.25, 0.3) is 0 Å². The predicted octanol–water partition coefficient (Wildman–Crippen LogP) is 1.58. The SMILES string of the molecule is COCC(=O)c1ccccc1CC#N. The van der Waals surface area contributed by atoms with E-state index in [0.717, 1.165) is 5.56 Å². The third-order valence-corrected chi connectivity index (χ3v) is 1.86. The molecule has 1 aromatic rings. The van der Waals surface area contributed by atoms with Crippen LogP contribution in [0.1, 0.15) is 15.9 Å². The maximum absolute atomic E-state index is 11.5. The number of ether oxygens (including phenoxy) is 1. The molecule has 0 bridgehead atoms. The van der Waals surface area contributed by atoms with E-state index in [0.29, 0.717) is 5.56 Å². The van der Waals surface area contributed by atoms with E-state index in [1.807, 2.05) is 12.1 Å². The molecule has 0 aliphatic rings. The van der Waals surface area contributed by atoms with Crippen molar-refractivity contribution in [2.45, 2.75) is 6.42 Å². The zero-order chi connectivity index (χ0) is 10.4. The van der Waals surface area contributed by atoms with Crippen molar-refractivity contribution in [2.75, 3.05) is 13.7 Å². The van der Waals surface area contributed by atoms with Crippen LogP contribution in [0.4, 0.5) is 0 Å². The van der Waals surface area contributed by atoms with Crippen LogP contribution in [0.5, 0.6) is 0 Å². The van der Waals surface area contributed by atoms with Gasteiger partial charge in [0.25, 0.3) is 0 Å². The van der Waals surface area contributed by atoms with Gasteiger partial charge in [0.2, 0.25) is 0 Å². The summed E-state index contributed by atoms with van der Waals surface area (Å²) >= 11 is 0. The lowest BCUT2D eigenvalue weighted by Gasteiger charge is -2.04. The van der Waals surface area contributed by atoms with E-state index in [2.05, 4.69) is 0 Å². The number of Topliss-reactive ketones (excluding diaryl/α,β-unsaturated/α-hetero) is 1. The Labute approximate surface area is 82.9 Å². The third kappa shape index (κ3) is 2.41. The number of rotatable bonds is 4. The summed E-state index contributed by atoms with van der Waals surface area (Å²) in [4.78, 5) is 11.5. The first-order valence-electron chi connectivity index (χ1n) is 4.26. The summed E-state index contributed by atoms with van der Waals surface area (Å²) in [6, 6.07) is 9.13. The number of hydrogen-bond acceptors (Lipinski definition) is 3. The number of ketones is 1. The standard InChI is InChI=1S/C11H11NO2/c1-14-8-11(13)10-5-3-2-4-9(10)6-7-12/h2-5H,6,8H2,1H3. The van der Waals surface area contributed by atoms with E-state index in [4.69, 9.17) is 10.00 Å². The van der Waals surface area contributed by atoms with Gasteiger partial charge < -0.3 is 4.74 Å². The van der Waals surface area contributed by atoms with Gasteiger partial charge in [0.15, 0.2) is 5.78 Å². The highest BCUT2D eigenvalue weighted by Gasteiger charge is 2.09. The summed E-state index contributed by atoms with van der Waals surface area (Å²) in [5.41, 5.74) is 1.34. The fraction of sp³-hybridized carbons (Fsp3) is 0.273. The molecule has 0 aliphatic heterocycles. The minimum absolute atomic E-state index is 0.0580. The Balaban J connectivity index is 2.95. The van der Waals surface area contributed by atoms with Crippen molar-refractivity contribution in [2.24, 2.45) is 0 Å². The largest absolute Gasteiger partial charge is 0.377 e. The van der Waals surface area contributed by atoms with E-state index < -0.39 is 0 Å². The number of nitrogens with zero attached hydrogens (tertiary/aromatic N) is 1. The first-order chi connectivity index (χ1) is 6.79. The van der Waals surface area contributed by atoms with Gasteiger partial charge in [-0.3, -0.25) is 4.79 Å². The molecule has 0 amide bonds. The number of carbonyl (C=O) groups excluding carboxylic acids is 1. The molecule has 1 rings (SSSR count). The van der Waals surface area contributed by atoms with Crippen LogP contribution in [0, 0.1) is 11.3 Å². The van der Waals surface area contributed by atoms with Gasteiger partial charge in [0.1, 0.15) is 6.61 Å². The monoisotopic (exact) mass is 189 g/mol. The van der Waals surface area contributed by atoms with Gasteiger partial charge in [-0.1, -0.05) is 24.3 Å². The lowest BCUT2D eigenvalue weighted by atomic mass is 10.0. The van der Waals surface area contributed by atoms with E-state index in [1.165, 1.54) is 7.11 Å². The Morgan fingerprint density at radius 1 is 1.50 bits per heavy atom. The Morgan fingerprint density at radius 2 is 2.21 bits per heavy atom. The molecule has 0 unspecified atom stereocenters. The number of nitriles is 1. The summed E-state index contributed by atoms with van der Waals surface area (Å²) < 4.78 is 4.76. The number of methoxy groups -OCH3 is 1. The first-order valence-corrected chi connectivity index (χ1v) is 4.26. The molecule has 0 radical (unpaired) electrons. The van der Waals surface area contributed by atoms with Crippen LogP contribution >= 0.6 is 0 Å². The molecule has 3 heteroatoms. The van der Waals surface area contributed by atoms with Crippen LogP contribution in [0.2, 0.25) is 0 Å². The lowest BCUT2D eigenvalue weighted by molar-refractivity contribution is 0.0847. The van der Waals surface area contributed by atoms with Crippen molar-refractivity contribution in [3.8, 4) is 6.07 Å². The molecular formula is C11H11NO2. The first kappa shape index (κ1) is 10.4. The molecule has 0 aliphatic carbocycles. The second-order valence-corrected chi connectivity index (χ2v) is 2.85. The van der Waals surface area contributed by atoms with Crippen LogP contribution < -0.4 is 0 Å². The fourth-order valence-electron chi connectivity index (χ4n) is 1.24. The highest BCUT2D eigenvalue weighted by Crippen LogP contribution is 2.10. The third-order valence-electron chi connectivity index (χ3n) is 1.86. The quantitative estimate of drug-likeness (QED) is 0.675. The lowest BCUT2D eigenvalue weighted by Crippen LogP contribution is -2.09. The van der Waals surface area contributed by atoms with Crippen LogP contribution in [-0.4, -0.2) is 19.5 Å². The summed E-state index contributed by atoms with van der Waals surface area (Å²) in [7, 11) is 1.48. The van der Waals surface area contributed by atoms with Crippen molar-refractivity contribution in [3.05, 3.63) is 35.4 Å². The summed E-state index contributed by atoms with van der Waals surface area (Å²) in [6.45, 7) is 0.0580. The van der Waals surface area contributed by atoms with Crippen molar-refractivity contribution in [3.63, 3.8) is 0 Å². The Morgan fingerprint density at radius 3 is 2.86 bits per heavy atom. The van der Waals surface area contributed by atoms with E-state index in [9.17, 15) is 4.79 Å². The molecule has 1 aromatic carbocycles. The Kier molecular flexibility index (Phi) is 3.84. The van der Waals surface area contributed by atoms with Gasteiger partial charge in [-0.05, 0) is 5.56 Å². The summed E-state index contributed by atoms with van der Waals surface area (Å²) in [6.07, 6.45) is 0.256. The average molecular weight is 189 g/mol. The maximum atomic E-state index is 11.5. The Bertz CT molecular complexity index is 366. The minimum atomic E-state index is -0.0849. The normalized spacial score (nSPS) is 9.43. The number of benzene rings is 1. The molecule has 0 N–H and O–H groups in total. The molecule has 0 fully saturated rings. The Hall–Kier alpha value is -1.66. The van der Waals surface area contributed by atoms with Crippen molar-refractivity contribution >= 4 is 5.78 Å². The zero-order valence-electron chi connectivity index (χ0n) is 7.99. The molecule has 14 heavy (non-hydrogen) atoms. The molecule has 0 aromatic heterocycles. The topological polar surface area (TPSA) is 50.1 Å². The summed E-state index contributed by atoms with van der Waals surface area (Å²) in [5.74, 6) is -0.0849. The predicted molar refractivity (Wildman–Crippen MR) is 52.0 cm³/mol. The van der Waals surface area contributed by atoms with Crippen LogP contribution in [0.15, 0.2) is 24.3 Å². The van der Waals surface area contributed by atoms with Gasteiger partial charge in [0.05, 0.1) is 12.5 Å². The molecule has 0 saturated carbocycles. The van der Waals surface area contributed by atoms with Crippen molar-refractivity contribution in [1.29, 1.82) is 5.26 Å². The van der Waals surface area contributed by atoms with Gasteiger partial charge in [-0.15, -0.1) is 0 Å². The molecular weight excluding hydrogens is 178 g/mol. The molecule has 72 valence electrons. The van der Waals surface area contributed by atoms with E-state index >= 15 is 0 Å². The van der Waals surface area contributed by atoms with Gasteiger partial charge >= 0.3 is 0 Å². The van der Waals surface area contributed by atoms with Crippen LogP contribution in [0.3, 0.4) is 0 Å². The van der Waals surface area contributed by atoms with Crippen LogP contribution in [-0.2, 0) is 11.2 Å². The minimum Gasteiger partial charge on any atom is -0.377 e. The van der Waals surface area contributed by atoms with Crippen molar-refractivity contribution < 1.29 is 9.53 Å². The second kappa shape index (κ2) is 5.15. The van der Waals surface area contributed by atoms with E-state index in [1.54, 1.807) is 18.2 Å². The van der Waals surface area contributed by atoms with Gasteiger partial charge in [0, 0.05) is 12.7 Å². The highest BCUT2D eigenvalue weighted by atomic mass is 16.5. The molecule has 0 spiro atoms. The zero-order valence-corrected chi connectivity index (χ0v) is 7.99. The smallest absolute Gasteiger partial charge is 0.188 e. The average Bonchev–Trinajstić information content (AvgIpc) is 2.19. The number of hydrogen-bond donors (Lipinski definition) is 0. The van der Waals surface area contributed by atoms with E-state index in [-0.39, 0.29) is 18.8 Å². The second-order valence-electron chi connectivity index (χ2n) is 2.85.